The highest BCUT2D eigenvalue weighted by Gasteiger charge is 2.29. The molecule has 9 heteroatoms. The standard InChI is InChI=1S/C21H21N5O2S2/c1-29-14-6-4-5-13(11-14)26(17-8-3-2-7-15(17)22)20(27)19-24-16-9-10-25(21(23)28)12-18(16)30-19/h2-8,11H,9-10,12,22H2,1H3,(H2,23,28). The van der Waals surface area contributed by atoms with Gasteiger partial charge in [-0.1, -0.05) is 18.2 Å². The zero-order chi connectivity index (χ0) is 21.3. The Hall–Kier alpha value is -3.04. The van der Waals surface area contributed by atoms with Crippen LogP contribution in [0.2, 0.25) is 0 Å². The molecule has 3 aromatic rings. The zero-order valence-electron chi connectivity index (χ0n) is 16.4. The summed E-state index contributed by atoms with van der Waals surface area (Å²) in [4.78, 5) is 34.8. The van der Waals surface area contributed by atoms with Crippen molar-refractivity contribution in [3.05, 3.63) is 64.1 Å². The van der Waals surface area contributed by atoms with Crippen molar-refractivity contribution in [1.82, 2.24) is 9.88 Å². The predicted octanol–water partition coefficient (Wildman–Crippen LogP) is 3.86. The lowest BCUT2D eigenvalue weighted by Gasteiger charge is -2.24. The maximum atomic E-state index is 13.6. The third-order valence-corrected chi connectivity index (χ3v) is 6.71. The molecule has 0 radical (unpaired) electrons. The Bertz CT molecular complexity index is 1110. The van der Waals surface area contributed by atoms with Crippen LogP contribution in [-0.2, 0) is 13.0 Å². The zero-order valence-corrected chi connectivity index (χ0v) is 18.0. The van der Waals surface area contributed by atoms with E-state index in [-0.39, 0.29) is 5.91 Å². The van der Waals surface area contributed by atoms with E-state index >= 15 is 0 Å². The lowest BCUT2D eigenvalue weighted by atomic mass is 10.2. The van der Waals surface area contributed by atoms with Crippen molar-refractivity contribution in [3.8, 4) is 0 Å². The van der Waals surface area contributed by atoms with Crippen LogP contribution in [0.15, 0.2) is 53.4 Å². The fourth-order valence-electron chi connectivity index (χ4n) is 3.38. The number of hydrogen-bond acceptors (Lipinski definition) is 6. The second-order valence-corrected chi connectivity index (χ2v) is 8.76. The van der Waals surface area contributed by atoms with Crippen LogP contribution in [0.4, 0.5) is 21.9 Å². The summed E-state index contributed by atoms with van der Waals surface area (Å²) in [7, 11) is 0. The van der Waals surface area contributed by atoms with Crippen LogP contribution in [0.1, 0.15) is 20.4 Å². The number of urea groups is 1. The molecule has 1 aromatic heterocycles. The van der Waals surface area contributed by atoms with Crippen molar-refractivity contribution in [1.29, 1.82) is 0 Å². The minimum Gasteiger partial charge on any atom is -0.397 e. The number of para-hydroxylation sites is 2. The number of amides is 3. The molecule has 0 bridgehead atoms. The fraction of sp³-hybridized carbons (Fsp3) is 0.190. The van der Waals surface area contributed by atoms with Crippen molar-refractivity contribution in [2.45, 2.75) is 17.9 Å². The average molecular weight is 440 g/mol. The van der Waals surface area contributed by atoms with Gasteiger partial charge >= 0.3 is 6.03 Å². The second kappa shape index (κ2) is 8.37. The number of thiazole rings is 1. The number of carbonyl (C=O) groups is 2. The first-order chi connectivity index (χ1) is 14.5. The number of nitrogens with two attached hydrogens (primary N) is 2. The summed E-state index contributed by atoms with van der Waals surface area (Å²) in [5.74, 6) is -0.254. The molecule has 4 N–H and O–H groups in total. The summed E-state index contributed by atoms with van der Waals surface area (Å²) < 4.78 is 0. The normalized spacial score (nSPS) is 13.0. The van der Waals surface area contributed by atoms with E-state index in [1.165, 1.54) is 11.3 Å². The topological polar surface area (TPSA) is 106 Å². The lowest BCUT2D eigenvalue weighted by molar-refractivity contribution is 0.0998. The first-order valence-corrected chi connectivity index (χ1v) is 11.4. The molecule has 0 saturated carbocycles. The lowest BCUT2D eigenvalue weighted by Crippen LogP contribution is -2.39. The van der Waals surface area contributed by atoms with E-state index in [1.807, 2.05) is 48.7 Å². The third-order valence-electron chi connectivity index (χ3n) is 4.92. The smallest absolute Gasteiger partial charge is 0.315 e. The monoisotopic (exact) mass is 439 g/mol. The Morgan fingerprint density at radius 1 is 1.20 bits per heavy atom. The number of fused-ring (bicyclic) bond motifs is 1. The third kappa shape index (κ3) is 3.86. The van der Waals surface area contributed by atoms with E-state index in [0.717, 1.165) is 21.2 Å². The number of thioether (sulfide) groups is 1. The Morgan fingerprint density at radius 2 is 2.00 bits per heavy atom. The van der Waals surface area contributed by atoms with Crippen LogP contribution >= 0.6 is 23.1 Å². The van der Waals surface area contributed by atoms with Gasteiger partial charge in [-0.2, -0.15) is 0 Å². The molecule has 0 unspecified atom stereocenters. The van der Waals surface area contributed by atoms with Gasteiger partial charge in [0.25, 0.3) is 5.91 Å². The van der Waals surface area contributed by atoms with Crippen molar-refractivity contribution >= 4 is 52.1 Å². The molecule has 7 nitrogen and oxygen atoms in total. The summed E-state index contributed by atoms with van der Waals surface area (Å²) >= 11 is 2.90. The van der Waals surface area contributed by atoms with Crippen molar-refractivity contribution < 1.29 is 9.59 Å². The number of nitrogens with zero attached hydrogens (tertiary/aromatic N) is 3. The van der Waals surface area contributed by atoms with Gasteiger partial charge in [0.2, 0.25) is 0 Å². The molecule has 0 aliphatic carbocycles. The van der Waals surface area contributed by atoms with Gasteiger partial charge in [-0.3, -0.25) is 9.69 Å². The number of benzene rings is 2. The summed E-state index contributed by atoms with van der Waals surface area (Å²) in [6.07, 6.45) is 2.57. The Labute approximate surface area is 182 Å². The number of primary amides is 1. The molecular formula is C21H21N5O2S2. The summed E-state index contributed by atoms with van der Waals surface area (Å²) in [5.41, 5.74) is 14.3. The van der Waals surface area contributed by atoms with E-state index in [0.29, 0.717) is 35.9 Å². The maximum Gasteiger partial charge on any atom is 0.315 e. The number of rotatable bonds is 4. The average Bonchev–Trinajstić information content (AvgIpc) is 3.19. The Morgan fingerprint density at radius 3 is 2.73 bits per heavy atom. The molecule has 2 heterocycles. The molecule has 1 aliphatic rings. The minimum atomic E-state index is -0.463. The molecule has 3 amide bonds. The molecule has 2 aromatic carbocycles. The van der Waals surface area contributed by atoms with Crippen LogP contribution in [0.3, 0.4) is 0 Å². The van der Waals surface area contributed by atoms with E-state index in [1.54, 1.807) is 27.6 Å². The molecule has 0 saturated heterocycles. The molecule has 4 rings (SSSR count). The molecule has 1 aliphatic heterocycles. The molecule has 0 atom stereocenters. The van der Waals surface area contributed by atoms with Crippen molar-refractivity contribution in [2.24, 2.45) is 5.73 Å². The summed E-state index contributed by atoms with van der Waals surface area (Å²) in [5, 5.41) is 0.365. The first-order valence-electron chi connectivity index (χ1n) is 9.34. The first kappa shape index (κ1) is 20.2. The van der Waals surface area contributed by atoms with E-state index < -0.39 is 6.03 Å². The number of nitrogen functional groups attached to an aromatic ring is 1. The van der Waals surface area contributed by atoms with Gasteiger partial charge in [0, 0.05) is 22.7 Å². The van der Waals surface area contributed by atoms with E-state index in [9.17, 15) is 9.59 Å². The van der Waals surface area contributed by atoms with Gasteiger partial charge in [0.15, 0.2) is 5.01 Å². The van der Waals surface area contributed by atoms with Gasteiger partial charge in [0.05, 0.1) is 29.3 Å². The van der Waals surface area contributed by atoms with Crippen molar-refractivity contribution in [3.63, 3.8) is 0 Å². The number of carbonyl (C=O) groups excluding carboxylic acids is 2. The molecular weight excluding hydrogens is 418 g/mol. The highest BCUT2D eigenvalue weighted by molar-refractivity contribution is 7.98. The largest absolute Gasteiger partial charge is 0.397 e. The number of anilines is 3. The quantitative estimate of drug-likeness (QED) is 0.474. The molecule has 30 heavy (non-hydrogen) atoms. The van der Waals surface area contributed by atoms with Crippen LogP contribution in [0.25, 0.3) is 0 Å². The van der Waals surface area contributed by atoms with Crippen LogP contribution in [0, 0.1) is 0 Å². The number of hydrogen-bond donors (Lipinski definition) is 2. The van der Waals surface area contributed by atoms with Gasteiger partial charge in [-0.15, -0.1) is 23.1 Å². The van der Waals surface area contributed by atoms with Gasteiger partial charge in [-0.25, -0.2) is 9.78 Å². The Kier molecular flexibility index (Phi) is 5.65. The van der Waals surface area contributed by atoms with Gasteiger partial charge in [-0.05, 0) is 36.6 Å². The van der Waals surface area contributed by atoms with Crippen molar-refractivity contribution in [2.75, 3.05) is 23.4 Å². The van der Waals surface area contributed by atoms with E-state index in [4.69, 9.17) is 11.5 Å². The predicted molar refractivity (Wildman–Crippen MR) is 121 cm³/mol. The van der Waals surface area contributed by atoms with Gasteiger partial charge in [0.1, 0.15) is 0 Å². The highest BCUT2D eigenvalue weighted by atomic mass is 32.2. The SMILES string of the molecule is CSc1cccc(N(C(=O)c2nc3c(s2)CN(C(N)=O)CC3)c2ccccc2N)c1. The molecule has 0 spiro atoms. The second-order valence-electron chi connectivity index (χ2n) is 6.80. The van der Waals surface area contributed by atoms with E-state index in [2.05, 4.69) is 4.98 Å². The minimum absolute atomic E-state index is 0.254. The summed E-state index contributed by atoms with van der Waals surface area (Å²) in [6.45, 7) is 0.885. The Balaban J connectivity index is 1.76. The molecule has 0 fully saturated rings. The van der Waals surface area contributed by atoms with Crippen LogP contribution in [-0.4, -0.2) is 34.6 Å². The molecule has 154 valence electrons. The fourth-order valence-corrected chi connectivity index (χ4v) is 4.88. The summed E-state index contributed by atoms with van der Waals surface area (Å²) in [6, 6.07) is 14.6. The number of aromatic nitrogens is 1. The highest BCUT2D eigenvalue weighted by Crippen LogP contribution is 2.35. The van der Waals surface area contributed by atoms with Crippen LogP contribution in [0.5, 0.6) is 0 Å². The van der Waals surface area contributed by atoms with Gasteiger partial charge < -0.3 is 16.4 Å². The maximum absolute atomic E-state index is 13.6. The van der Waals surface area contributed by atoms with Crippen LogP contribution < -0.4 is 16.4 Å².